The summed E-state index contributed by atoms with van der Waals surface area (Å²) in [5, 5.41) is 0.405. The number of sulfone groups is 1. The van der Waals surface area contributed by atoms with Crippen LogP contribution in [-0.4, -0.2) is 73.2 Å². The van der Waals surface area contributed by atoms with E-state index in [1.54, 1.807) is 33.9 Å². The van der Waals surface area contributed by atoms with Gasteiger partial charge >= 0.3 is 21.1 Å². The summed E-state index contributed by atoms with van der Waals surface area (Å²) in [6.45, 7) is -1.69. The van der Waals surface area contributed by atoms with Crippen molar-refractivity contribution in [3.63, 3.8) is 0 Å². The standard InChI is InChI=1S/C31H31B2N5O7S/c1-18(2)46(40,41)22-13-11-21(12-14-22)24-16-34-27(31(33-45-31)36-28-32-43-28)26(35-24)25-15-23(37-44-25)20-9-7-19(8-10-20)17-38(6)29(39)42-30(3,4)5/h7-16,18H,17H2,1-6H3/i1D3,2D3,18D. The van der Waals surface area contributed by atoms with Gasteiger partial charge in [0, 0.05) is 40.4 Å². The molecule has 4 heterocycles. The van der Waals surface area contributed by atoms with Crippen LogP contribution in [0.5, 0.6) is 0 Å². The van der Waals surface area contributed by atoms with Crippen molar-refractivity contribution in [2.45, 2.75) is 62.4 Å². The van der Waals surface area contributed by atoms with Gasteiger partial charge in [-0.25, -0.2) is 23.2 Å². The minimum atomic E-state index is -5.22. The van der Waals surface area contributed by atoms with Crippen LogP contribution in [-0.2, 0) is 36.1 Å². The molecule has 1 atom stereocenters. The molecule has 0 N–H and O–H groups in total. The normalized spacial score (nSPS) is 21.0. The van der Waals surface area contributed by atoms with Crippen LogP contribution in [0.3, 0.4) is 0 Å². The van der Waals surface area contributed by atoms with Crippen LogP contribution in [0, 0.1) is 0 Å². The number of ether oxygens (including phenoxy) is 1. The lowest BCUT2D eigenvalue weighted by Crippen LogP contribution is -2.33. The predicted molar refractivity (Wildman–Crippen MR) is 171 cm³/mol. The number of carbonyl (C=O) groups excluding carboxylic acids is 1. The molecule has 2 aromatic carbocycles. The van der Waals surface area contributed by atoms with Gasteiger partial charge in [0.05, 0.1) is 22.0 Å². The molecule has 0 aliphatic carbocycles. The molecular weight excluding hydrogens is 608 g/mol. The Balaban J connectivity index is 1.31. The third kappa shape index (κ3) is 6.70. The Kier molecular flexibility index (Phi) is 6.05. The summed E-state index contributed by atoms with van der Waals surface area (Å²) in [6, 6.07) is 13.5. The summed E-state index contributed by atoms with van der Waals surface area (Å²) in [5.41, 5.74) is 0.948. The van der Waals surface area contributed by atoms with Gasteiger partial charge in [-0.1, -0.05) is 41.6 Å². The van der Waals surface area contributed by atoms with Crippen LogP contribution < -0.4 is 0 Å². The Morgan fingerprint density at radius 1 is 1.13 bits per heavy atom. The third-order valence-corrected chi connectivity index (χ3v) is 8.23. The maximum absolute atomic E-state index is 13.3. The van der Waals surface area contributed by atoms with Crippen molar-refractivity contribution < 1.29 is 41.4 Å². The Hall–Kier alpha value is -4.49. The predicted octanol–water partition coefficient (Wildman–Crippen LogP) is 4.78. The van der Waals surface area contributed by atoms with E-state index in [1.165, 1.54) is 38.2 Å². The van der Waals surface area contributed by atoms with E-state index in [9.17, 15) is 13.2 Å². The number of nitrogens with zero attached hydrogens (tertiary/aromatic N) is 5. The molecule has 1 amide bonds. The number of amides is 1. The highest BCUT2D eigenvalue weighted by molar-refractivity contribution is 7.92. The largest absolute Gasteiger partial charge is 0.549 e. The highest BCUT2D eigenvalue weighted by atomic mass is 32.2. The number of rotatable bonds is 9. The van der Waals surface area contributed by atoms with Crippen molar-refractivity contribution in [3.05, 3.63) is 72.1 Å². The zero-order chi connectivity index (χ0) is 38.8. The number of carbonyl (C=O) groups is 1. The van der Waals surface area contributed by atoms with Gasteiger partial charge in [-0.05, 0) is 52.2 Å². The zero-order valence-electron chi connectivity index (χ0n) is 32.1. The highest BCUT2D eigenvalue weighted by Gasteiger charge is 2.54. The average Bonchev–Trinajstić information content (AvgIpc) is 4.01. The quantitative estimate of drug-likeness (QED) is 0.183. The topological polar surface area (TPSA) is 153 Å². The molecule has 2 aliphatic rings. The van der Waals surface area contributed by atoms with Crippen LogP contribution in [0.25, 0.3) is 34.0 Å². The molecule has 234 valence electrons. The summed E-state index contributed by atoms with van der Waals surface area (Å²) in [5.74, 6) is 0.499. The van der Waals surface area contributed by atoms with E-state index in [-0.39, 0.29) is 22.8 Å². The number of benzene rings is 2. The molecule has 2 radical (unpaired) electrons. The zero-order valence-corrected chi connectivity index (χ0v) is 26.0. The molecule has 2 aliphatic heterocycles. The van der Waals surface area contributed by atoms with Crippen LogP contribution in [0.15, 0.2) is 75.2 Å². The summed E-state index contributed by atoms with van der Waals surface area (Å²) in [6.07, 6.45) is 0.923. The Bertz CT molecular complexity index is 2170. The SMILES string of the molecule is [2H]C([2H])([2H])C([2H])(C([2H])([2H])[2H])S(=O)(=O)c1ccc(-c2cnc(C3(N=C4[B]O4)[B]O3)c(-c3cc(-c4ccc(CN(C)C(=O)OC(C)(C)C)cc4)no3)n2)cc1. The molecule has 2 fully saturated rings. The molecule has 12 nitrogen and oxygen atoms in total. The van der Waals surface area contributed by atoms with E-state index in [1.807, 2.05) is 24.3 Å². The molecule has 2 saturated heterocycles. The van der Waals surface area contributed by atoms with Crippen molar-refractivity contribution in [2.24, 2.45) is 4.99 Å². The third-order valence-electron chi connectivity index (χ3n) is 6.80. The first-order valence-corrected chi connectivity index (χ1v) is 15.4. The van der Waals surface area contributed by atoms with Gasteiger partial charge in [-0.15, -0.1) is 0 Å². The van der Waals surface area contributed by atoms with E-state index in [0.29, 0.717) is 29.2 Å². The molecule has 4 aromatic rings. The first-order chi connectivity index (χ1) is 24.5. The fourth-order valence-electron chi connectivity index (χ4n) is 4.38. The number of aromatic nitrogens is 3. The van der Waals surface area contributed by atoms with E-state index >= 15 is 0 Å². The Morgan fingerprint density at radius 3 is 2.39 bits per heavy atom. The van der Waals surface area contributed by atoms with Gasteiger partial charge in [-0.2, -0.15) is 0 Å². The average molecular weight is 646 g/mol. The van der Waals surface area contributed by atoms with Crippen molar-refractivity contribution in [2.75, 3.05) is 7.05 Å². The Labute approximate surface area is 278 Å². The second kappa shape index (κ2) is 11.7. The maximum atomic E-state index is 13.3. The molecule has 2 aromatic heterocycles. The minimum absolute atomic E-state index is 0.169. The van der Waals surface area contributed by atoms with E-state index < -0.39 is 51.0 Å². The van der Waals surface area contributed by atoms with Crippen molar-refractivity contribution >= 4 is 36.7 Å². The van der Waals surface area contributed by atoms with Crippen molar-refractivity contribution in [3.8, 4) is 34.0 Å². The Morgan fingerprint density at radius 2 is 1.78 bits per heavy atom. The molecule has 0 spiro atoms. The summed E-state index contributed by atoms with van der Waals surface area (Å²) < 4.78 is 102. The molecule has 0 saturated carbocycles. The van der Waals surface area contributed by atoms with Gasteiger partial charge in [0.1, 0.15) is 22.7 Å². The van der Waals surface area contributed by atoms with Gasteiger partial charge < -0.3 is 23.5 Å². The molecular formula is C31H31B2N5O7S. The first kappa shape index (κ1) is 23.8. The van der Waals surface area contributed by atoms with Crippen LogP contribution in [0.4, 0.5) is 4.79 Å². The highest BCUT2D eigenvalue weighted by Crippen LogP contribution is 2.43. The molecule has 1 unspecified atom stereocenters. The molecule has 15 heteroatoms. The number of aliphatic imine (C=N–C) groups is 1. The van der Waals surface area contributed by atoms with Crippen molar-refractivity contribution in [1.29, 1.82) is 0 Å². The molecule has 46 heavy (non-hydrogen) atoms. The van der Waals surface area contributed by atoms with E-state index in [0.717, 1.165) is 17.7 Å². The number of hydrogen-bond acceptors (Lipinski definition) is 11. The molecule has 6 rings (SSSR count). The summed E-state index contributed by atoms with van der Waals surface area (Å²) in [4.78, 5) is 26.9. The minimum Gasteiger partial charge on any atom is -0.549 e. The monoisotopic (exact) mass is 646 g/mol. The van der Waals surface area contributed by atoms with Crippen LogP contribution >= 0.6 is 0 Å². The van der Waals surface area contributed by atoms with E-state index in [4.69, 9.17) is 33.1 Å². The fraction of sp³-hybridized carbons (Fsp3) is 0.323. The lowest BCUT2D eigenvalue weighted by atomic mass is 9.91. The lowest BCUT2D eigenvalue weighted by molar-refractivity contribution is 0.0285. The summed E-state index contributed by atoms with van der Waals surface area (Å²) in [7, 11) is -0.738. The summed E-state index contributed by atoms with van der Waals surface area (Å²) >= 11 is 0. The number of hydrogen-bond donors (Lipinski definition) is 0. The lowest BCUT2D eigenvalue weighted by Gasteiger charge is -2.24. The second-order valence-electron chi connectivity index (χ2n) is 11.5. The smallest absolute Gasteiger partial charge is 0.474 e. The van der Waals surface area contributed by atoms with Gasteiger partial charge in [0.2, 0.25) is 0 Å². The maximum Gasteiger partial charge on any atom is 0.474 e. The molecule has 0 bridgehead atoms. The van der Waals surface area contributed by atoms with Gasteiger partial charge in [0.25, 0.3) is 0 Å². The van der Waals surface area contributed by atoms with E-state index in [2.05, 4.69) is 15.1 Å². The second-order valence-corrected chi connectivity index (χ2v) is 13.4. The van der Waals surface area contributed by atoms with Crippen LogP contribution in [0.1, 0.15) is 55.3 Å². The fourth-order valence-corrected chi connectivity index (χ4v) is 5.11. The van der Waals surface area contributed by atoms with Gasteiger partial charge in [-0.3, -0.25) is 4.98 Å². The van der Waals surface area contributed by atoms with Crippen LogP contribution in [0.2, 0.25) is 0 Å². The first-order valence-electron chi connectivity index (χ1n) is 17.4. The van der Waals surface area contributed by atoms with Gasteiger partial charge in [0.15, 0.2) is 27.0 Å². The van der Waals surface area contributed by atoms with Crippen molar-refractivity contribution in [1.82, 2.24) is 20.0 Å².